The number of morpholine rings is 1. The van der Waals surface area contributed by atoms with Crippen molar-refractivity contribution in [3.8, 4) is 11.5 Å². The lowest BCUT2D eigenvalue weighted by atomic mass is 10.2. The van der Waals surface area contributed by atoms with Crippen LogP contribution in [0.4, 0.5) is 0 Å². The molecule has 27 heavy (non-hydrogen) atoms. The minimum Gasteiger partial charge on any atom is -0.489 e. The van der Waals surface area contributed by atoms with Gasteiger partial charge in [0.25, 0.3) is 5.91 Å². The highest BCUT2D eigenvalue weighted by molar-refractivity contribution is 6.32. The number of carbonyl (C=O) groups is 2. The summed E-state index contributed by atoms with van der Waals surface area (Å²) in [5.74, 6) is -0.0542. The Morgan fingerprint density at radius 1 is 1.19 bits per heavy atom. The summed E-state index contributed by atoms with van der Waals surface area (Å²) in [7, 11) is 0. The standard InChI is InChI=1S/C19H24ClNO6/c1-11-9-21(10-12(2)26-11)18(22)13(3)27-19(23)14-7-15(20)17-16(8-14)24-5-4-6-25-17/h7-8,11-13H,4-6,9-10H2,1-3H3/t11-,12-,13+/m1/s1. The number of carbonyl (C=O) groups excluding carboxylic acids is 2. The van der Waals surface area contributed by atoms with Crippen molar-refractivity contribution < 1.29 is 28.5 Å². The van der Waals surface area contributed by atoms with Crippen molar-refractivity contribution in [3.05, 3.63) is 22.7 Å². The highest BCUT2D eigenvalue weighted by Gasteiger charge is 2.31. The summed E-state index contributed by atoms with van der Waals surface area (Å²) in [6.45, 7) is 7.30. The second-order valence-electron chi connectivity index (χ2n) is 6.88. The van der Waals surface area contributed by atoms with Gasteiger partial charge in [-0.1, -0.05) is 11.6 Å². The van der Waals surface area contributed by atoms with Crippen molar-refractivity contribution in [1.82, 2.24) is 4.90 Å². The maximum absolute atomic E-state index is 12.6. The second kappa shape index (κ2) is 8.35. The zero-order valence-electron chi connectivity index (χ0n) is 15.7. The molecule has 2 heterocycles. The smallest absolute Gasteiger partial charge is 0.339 e. The molecule has 7 nitrogen and oxygen atoms in total. The average Bonchev–Trinajstić information content (AvgIpc) is 2.85. The van der Waals surface area contributed by atoms with Gasteiger partial charge in [0.05, 0.1) is 36.0 Å². The fourth-order valence-electron chi connectivity index (χ4n) is 3.24. The van der Waals surface area contributed by atoms with E-state index in [-0.39, 0.29) is 28.7 Å². The van der Waals surface area contributed by atoms with Gasteiger partial charge in [0.15, 0.2) is 17.6 Å². The Kier molecular flexibility index (Phi) is 6.11. The molecular weight excluding hydrogens is 374 g/mol. The molecule has 2 aliphatic heterocycles. The Bertz CT molecular complexity index is 714. The summed E-state index contributed by atoms with van der Waals surface area (Å²) in [4.78, 5) is 26.8. The third kappa shape index (κ3) is 4.65. The number of hydrogen-bond donors (Lipinski definition) is 0. The first-order valence-electron chi connectivity index (χ1n) is 9.09. The van der Waals surface area contributed by atoms with E-state index in [9.17, 15) is 9.59 Å². The van der Waals surface area contributed by atoms with Gasteiger partial charge in [-0.3, -0.25) is 4.79 Å². The molecule has 148 valence electrons. The molecule has 1 aromatic carbocycles. The zero-order valence-corrected chi connectivity index (χ0v) is 16.5. The van der Waals surface area contributed by atoms with Crippen LogP contribution in [-0.4, -0.2) is 61.4 Å². The summed E-state index contributed by atoms with van der Waals surface area (Å²) in [5, 5.41) is 0.274. The van der Waals surface area contributed by atoms with Gasteiger partial charge in [-0.05, 0) is 32.9 Å². The van der Waals surface area contributed by atoms with Crippen LogP contribution >= 0.6 is 11.6 Å². The van der Waals surface area contributed by atoms with E-state index in [2.05, 4.69) is 0 Å². The molecule has 1 fully saturated rings. The van der Waals surface area contributed by atoms with Crippen molar-refractivity contribution >= 4 is 23.5 Å². The number of amides is 1. The minimum atomic E-state index is -0.912. The number of ether oxygens (including phenoxy) is 4. The van der Waals surface area contributed by atoms with Crippen molar-refractivity contribution in [1.29, 1.82) is 0 Å². The molecule has 1 aromatic rings. The quantitative estimate of drug-likeness (QED) is 0.730. The van der Waals surface area contributed by atoms with Crippen LogP contribution in [0.15, 0.2) is 12.1 Å². The van der Waals surface area contributed by atoms with Gasteiger partial charge in [0.1, 0.15) is 0 Å². The molecule has 3 atom stereocenters. The molecule has 1 saturated heterocycles. The van der Waals surface area contributed by atoms with Gasteiger partial charge in [0, 0.05) is 19.5 Å². The summed E-state index contributed by atoms with van der Waals surface area (Å²) in [6.07, 6.45) is -0.292. The van der Waals surface area contributed by atoms with Crippen LogP contribution in [0.3, 0.4) is 0 Å². The molecule has 0 saturated carbocycles. The monoisotopic (exact) mass is 397 g/mol. The number of halogens is 1. The van der Waals surface area contributed by atoms with Crippen LogP contribution in [0.1, 0.15) is 37.6 Å². The lowest BCUT2D eigenvalue weighted by molar-refractivity contribution is -0.151. The first-order chi connectivity index (χ1) is 12.8. The molecular formula is C19H24ClNO6. The third-order valence-electron chi connectivity index (χ3n) is 4.40. The van der Waals surface area contributed by atoms with Crippen molar-refractivity contribution in [3.63, 3.8) is 0 Å². The van der Waals surface area contributed by atoms with Gasteiger partial charge in [-0.15, -0.1) is 0 Å². The molecule has 3 rings (SSSR count). The summed E-state index contributed by atoms with van der Waals surface area (Å²) in [5.41, 5.74) is 0.215. The number of fused-ring (bicyclic) bond motifs is 1. The lowest BCUT2D eigenvalue weighted by Gasteiger charge is -2.36. The van der Waals surface area contributed by atoms with Crippen LogP contribution in [-0.2, 0) is 14.3 Å². The van der Waals surface area contributed by atoms with Crippen LogP contribution in [0, 0.1) is 0 Å². The predicted molar refractivity (Wildman–Crippen MR) is 98.5 cm³/mol. The largest absolute Gasteiger partial charge is 0.489 e. The third-order valence-corrected chi connectivity index (χ3v) is 4.68. The Morgan fingerprint density at radius 3 is 2.56 bits per heavy atom. The summed E-state index contributed by atoms with van der Waals surface area (Å²) in [6, 6.07) is 3.00. The predicted octanol–water partition coefficient (Wildman–Crippen LogP) is 2.68. The molecule has 8 heteroatoms. The number of rotatable bonds is 3. The van der Waals surface area contributed by atoms with E-state index in [4.69, 9.17) is 30.5 Å². The molecule has 2 aliphatic rings. The van der Waals surface area contributed by atoms with E-state index in [1.165, 1.54) is 12.1 Å². The highest BCUT2D eigenvalue weighted by atomic mass is 35.5. The topological polar surface area (TPSA) is 74.3 Å². The number of benzene rings is 1. The summed E-state index contributed by atoms with van der Waals surface area (Å²) < 4.78 is 22.1. The van der Waals surface area contributed by atoms with Crippen molar-refractivity contribution in [2.24, 2.45) is 0 Å². The molecule has 1 amide bonds. The van der Waals surface area contributed by atoms with Gasteiger partial charge in [-0.25, -0.2) is 4.79 Å². The number of nitrogens with zero attached hydrogens (tertiary/aromatic N) is 1. The first-order valence-corrected chi connectivity index (χ1v) is 9.47. The Labute approximate surface area is 163 Å². The molecule has 0 aromatic heterocycles. The van der Waals surface area contributed by atoms with E-state index in [0.717, 1.165) is 6.42 Å². The molecule has 0 N–H and O–H groups in total. The SMILES string of the molecule is C[C@@H]1CN(C(=O)[C@H](C)OC(=O)c2cc(Cl)c3c(c2)OCCCO3)C[C@@H](C)O1. The van der Waals surface area contributed by atoms with Crippen molar-refractivity contribution in [2.75, 3.05) is 26.3 Å². The van der Waals surface area contributed by atoms with E-state index >= 15 is 0 Å². The van der Waals surface area contributed by atoms with Crippen LogP contribution in [0.25, 0.3) is 0 Å². The van der Waals surface area contributed by atoms with Gasteiger partial charge in [0.2, 0.25) is 0 Å². The van der Waals surface area contributed by atoms with E-state index < -0.39 is 12.1 Å². The fraction of sp³-hybridized carbons (Fsp3) is 0.579. The van der Waals surface area contributed by atoms with Crippen molar-refractivity contribution in [2.45, 2.75) is 45.5 Å². The normalized spacial score (nSPS) is 23.3. The van der Waals surface area contributed by atoms with Crippen LogP contribution in [0.2, 0.25) is 5.02 Å². The maximum atomic E-state index is 12.6. The molecule has 0 bridgehead atoms. The first kappa shape index (κ1) is 19.8. The molecule has 0 unspecified atom stereocenters. The second-order valence-corrected chi connectivity index (χ2v) is 7.29. The number of esters is 1. The van der Waals surface area contributed by atoms with Crippen LogP contribution in [0.5, 0.6) is 11.5 Å². The zero-order chi connectivity index (χ0) is 19.6. The van der Waals surface area contributed by atoms with E-state index in [0.29, 0.717) is 37.8 Å². The number of hydrogen-bond acceptors (Lipinski definition) is 6. The van der Waals surface area contributed by atoms with Gasteiger partial charge >= 0.3 is 5.97 Å². The maximum Gasteiger partial charge on any atom is 0.339 e. The molecule has 0 radical (unpaired) electrons. The van der Waals surface area contributed by atoms with Crippen LogP contribution < -0.4 is 9.47 Å². The van der Waals surface area contributed by atoms with E-state index in [1.807, 2.05) is 13.8 Å². The lowest BCUT2D eigenvalue weighted by Crippen LogP contribution is -2.51. The van der Waals surface area contributed by atoms with Gasteiger partial charge < -0.3 is 23.8 Å². The Balaban J connectivity index is 1.68. The Morgan fingerprint density at radius 2 is 1.85 bits per heavy atom. The van der Waals surface area contributed by atoms with E-state index in [1.54, 1.807) is 11.8 Å². The van der Waals surface area contributed by atoms with Gasteiger partial charge in [-0.2, -0.15) is 0 Å². The minimum absolute atomic E-state index is 0.0545. The Hall–Kier alpha value is -1.99. The summed E-state index contributed by atoms with van der Waals surface area (Å²) >= 11 is 6.22. The molecule has 0 aliphatic carbocycles. The average molecular weight is 398 g/mol. The molecule has 0 spiro atoms. The highest BCUT2D eigenvalue weighted by Crippen LogP contribution is 2.38. The fourth-order valence-corrected chi connectivity index (χ4v) is 3.51.